The molecule has 1 aliphatic heterocycles. The molecule has 0 aliphatic carbocycles. The molecule has 0 saturated carbocycles. The lowest BCUT2D eigenvalue weighted by molar-refractivity contribution is 0.182. The summed E-state index contributed by atoms with van der Waals surface area (Å²) in [5, 5.41) is 2.60. The van der Waals surface area contributed by atoms with E-state index in [4.69, 9.17) is 16.3 Å². The number of para-hydroxylation sites is 2. The molecule has 2 aromatic carbocycles. The summed E-state index contributed by atoms with van der Waals surface area (Å²) < 4.78 is 30.2. The third-order valence-corrected chi connectivity index (χ3v) is 6.42. The van der Waals surface area contributed by atoms with Gasteiger partial charge in [-0.3, -0.25) is 0 Å². The third kappa shape index (κ3) is 3.57. The number of hydrogen-bond acceptors (Lipinski definition) is 4. The Bertz CT molecular complexity index is 878. The Kier molecular flexibility index (Phi) is 4.87. The number of methoxy groups -OCH3 is 1. The minimum atomic E-state index is -3.48. The van der Waals surface area contributed by atoms with Crippen molar-refractivity contribution in [2.45, 2.75) is 10.1 Å². The first kappa shape index (κ1) is 17.6. The number of amides is 2. The summed E-state index contributed by atoms with van der Waals surface area (Å²) in [6, 6.07) is 12.7. The molecule has 132 valence electrons. The quantitative estimate of drug-likeness (QED) is 0.884. The first-order chi connectivity index (χ1) is 11.9. The summed E-state index contributed by atoms with van der Waals surface area (Å²) in [5.41, 5.74) is 0.541. The summed E-state index contributed by atoms with van der Waals surface area (Å²) in [7, 11) is -1.96. The van der Waals surface area contributed by atoms with Gasteiger partial charge in [0.25, 0.3) is 0 Å². The number of sulfone groups is 1. The number of ether oxygens (including phenoxy) is 1. The predicted octanol–water partition coefficient (Wildman–Crippen LogP) is 3.04. The van der Waals surface area contributed by atoms with Crippen LogP contribution in [0.3, 0.4) is 0 Å². The number of nitrogens with one attached hydrogen (secondary N) is 1. The molecule has 1 saturated heterocycles. The number of likely N-dealkylation sites (tertiary alicyclic amines) is 1. The molecule has 3 rings (SSSR count). The van der Waals surface area contributed by atoms with Crippen molar-refractivity contribution >= 4 is 33.2 Å². The number of hydrogen-bond donors (Lipinski definition) is 1. The van der Waals surface area contributed by atoms with Crippen molar-refractivity contribution in [3.63, 3.8) is 0 Å². The van der Waals surface area contributed by atoms with Gasteiger partial charge < -0.3 is 15.0 Å². The first-order valence-electron chi connectivity index (χ1n) is 7.60. The third-order valence-electron chi connectivity index (χ3n) is 4.06. The number of benzene rings is 2. The van der Waals surface area contributed by atoms with Crippen molar-refractivity contribution in [3.8, 4) is 5.75 Å². The Balaban J connectivity index is 1.63. The highest BCUT2D eigenvalue weighted by Gasteiger charge is 2.40. The Hall–Kier alpha value is -2.25. The summed E-state index contributed by atoms with van der Waals surface area (Å²) in [6.45, 7) is 0.290. The number of urea groups is 1. The molecule has 1 fully saturated rings. The van der Waals surface area contributed by atoms with Crippen LogP contribution in [-0.2, 0) is 9.84 Å². The van der Waals surface area contributed by atoms with E-state index in [1.807, 2.05) is 0 Å². The SMILES string of the molecule is COc1ccccc1NC(=O)N1CC(S(=O)(=O)c2ccc(Cl)cc2)C1. The fourth-order valence-electron chi connectivity index (χ4n) is 2.56. The van der Waals surface area contributed by atoms with E-state index in [1.54, 1.807) is 36.4 Å². The molecular formula is C17H17ClN2O4S. The second-order valence-corrected chi connectivity index (χ2v) is 8.32. The van der Waals surface area contributed by atoms with Crippen LogP contribution in [0, 0.1) is 0 Å². The molecule has 1 aliphatic rings. The molecule has 0 unspecified atom stereocenters. The highest BCUT2D eigenvalue weighted by atomic mass is 35.5. The highest BCUT2D eigenvalue weighted by molar-refractivity contribution is 7.92. The van der Waals surface area contributed by atoms with Gasteiger partial charge in [0.2, 0.25) is 0 Å². The van der Waals surface area contributed by atoms with Gasteiger partial charge in [0.1, 0.15) is 11.0 Å². The highest BCUT2D eigenvalue weighted by Crippen LogP contribution is 2.27. The molecule has 0 spiro atoms. The monoisotopic (exact) mass is 380 g/mol. The van der Waals surface area contributed by atoms with Crippen molar-refractivity contribution < 1.29 is 17.9 Å². The van der Waals surface area contributed by atoms with Crippen LogP contribution in [0.1, 0.15) is 0 Å². The lowest BCUT2D eigenvalue weighted by Crippen LogP contribution is -2.58. The number of carbonyl (C=O) groups excluding carboxylic acids is 1. The van der Waals surface area contributed by atoms with E-state index >= 15 is 0 Å². The standard InChI is InChI=1S/C17H17ClN2O4S/c1-24-16-5-3-2-4-15(16)19-17(21)20-10-14(11-20)25(22,23)13-8-6-12(18)7-9-13/h2-9,14H,10-11H2,1H3,(H,19,21). The molecule has 25 heavy (non-hydrogen) atoms. The van der Waals surface area contributed by atoms with E-state index in [9.17, 15) is 13.2 Å². The van der Waals surface area contributed by atoms with Gasteiger partial charge >= 0.3 is 6.03 Å². The summed E-state index contributed by atoms with van der Waals surface area (Å²) in [4.78, 5) is 13.9. The van der Waals surface area contributed by atoms with Gasteiger partial charge in [0.05, 0.1) is 17.7 Å². The molecule has 1 heterocycles. The van der Waals surface area contributed by atoms with Gasteiger partial charge in [-0.25, -0.2) is 13.2 Å². The smallest absolute Gasteiger partial charge is 0.322 e. The second kappa shape index (κ2) is 6.93. The average molecular weight is 381 g/mol. The van der Waals surface area contributed by atoms with E-state index in [0.717, 1.165) is 0 Å². The largest absolute Gasteiger partial charge is 0.495 e. The van der Waals surface area contributed by atoms with Crippen LogP contribution in [0.15, 0.2) is 53.4 Å². The van der Waals surface area contributed by atoms with Gasteiger partial charge in [-0.2, -0.15) is 0 Å². The molecule has 0 atom stereocenters. The molecule has 1 N–H and O–H groups in total. The molecular weight excluding hydrogens is 364 g/mol. The van der Waals surface area contributed by atoms with Crippen LogP contribution in [-0.4, -0.2) is 44.8 Å². The summed E-state index contributed by atoms with van der Waals surface area (Å²) in [5.74, 6) is 0.543. The molecule has 0 bridgehead atoms. The van der Waals surface area contributed by atoms with Crippen LogP contribution < -0.4 is 10.1 Å². The van der Waals surface area contributed by atoms with E-state index in [-0.39, 0.29) is 24.0 Å². The molecule has 0 radical (unpaired) electrons. The van der Waals surface area contributed by atoms with Crippen molar-refractivity contribution in [1.29, 1.82) is 0 Å². The maximum absolute atomic E-state index is 12.5. The zero-order valence-corrected chi connectivity index (χ0v) is 15.0. The van der Waals surface area contributed by atoms with Crippen molar-refractivity contribution in [2.75, 3.05) is 25.5 Å². The van der Waals surface area contributed by atoms with E-state index in [1.165, 1.54) is 24.1 Å². The van der Waals surface area contributed by atoms with Gasteiger partial charge in [0, 0.05) is 18.1 Å². The molecule has 8 heteroatoms. The number of rotatable bonds is 4. The van der Waals surface area contributed by atoms with Crippen LogP contribution in [0.2, 0.25) is 5.02 Å². The Labute approximate surface area is 151 Å². The number of carbonyl (C=O) groups is 1. The van der Waals surface area contributed by atoms with Crippen LogP contribution >= 0.6 is 11.6 Å². The normalized spacial score (nSPS) is 14.7. The Morgan fingerprint density at radius 3 is 2.44 bits per heavy atom. The maximum atomic E-state index is 12.5. The van der Waals surface area contributed by atoms with Crippen LogP contribution in [0.25, 0.3) is 0 Å². The number of halogens is 1. The minimum absolute atomic E-state index is 0.145. The van der Waals surface area contributed by atoms with Gasteiger partial charge in [-0.1, -0.05) is 23.7 Å². The van der Waals surface area contributed by atoms with Crippen molar-refractivity contribution in [2.24, 2.45) is 0 Å². The van der Waals surface area contributed by atoms with Crippen molar-refractivity contribution in [3.05, 3.63) is 53.6 Å². The zero-order valence-electron chi connectivity index (χ0n) is 13.5. The van der Waals surface area contributed by atoms with Gasteiger partial charge in [0.15, 0.2) is 9.84 Å². The average Bonchev–Trinajstić information content (AvgIpc) is 2.54. The molecule has 2 aromatic rings. The topological polar surface area (TPSA) is 75.7 Å². The van der Waals surface area contributed by atoms with Crippen LogP contribution in [0.5, 0.6) is 5.75 Å². The lowest BCUT2D eigenvalue weighted by atomic mass is 10.2. The Morgan fingerprint density at radius 2 is 1.80 bits per heavy atom. The van der Waals surface area contributed by atoms with Crippen molar-refractivity contribution in [1.82, 2.24) is 4.90 Å². The number of anilines is 1. The van der Waals surface area contributed by atoms with E-state index in [2.05, 4.69) is 5.32 Å². The van der Waals surface area contributed by atoms with Gasteiger partial charge in [-0.05, 0) is 36.4 Å². The predicted molar refractivity (Wildman–Crippen MR) is 96.0 cm³/mol. The zero-order chi connectivity index (χ0) is 18.0. The lowest BCUT2D eigenvalue weighted by Gasteiger charge is -2.38. The first-order valence-corrected chi connectivity index (χ1v) is 9.52. The Morgan fingerprint density at radius 1 is 1.16 bits per heavy atom. The van der Waals surface area contributed by atoms with E-state index < -0.39 is 15.1 Å². The van der Waals surface area contributed by atoms with Crippen LogP contribution in [0.4, 0.5) is 10.5 Å². The molecule has 6 nitrogen and oxygen atoms in total. The minimum Gasteiger partial charge on any atom is -0.495 e. The maximum Gasteiger partial charge on any atom is 0.322 e. The number of nitrogens with zero attached hydrogens (tertiary/aromatic N) is 1. The molecule has 0 aromatic heterocycles. The van der Waals surface area contributed by atoms with Gasteiger partial charge in [-0.15, -0.1) is 0 Å². The molecule has 2 amide bonds. The van der Waals surface area contributed by atoms with E-state index in [0.29, 0.717) is 16.5 Å². The fourth-order valence-corrected chi connectivity index (χ4v) is 4.34. The second-order valence-electron chi connectivity index (χ2n) is 5.66. The summed E-state index contributed by atoms with van der Waals surface area (Å²) in [6.07, 6.45) is 0. The fraction of sp³-hybridized carbons (Fsp3) is 0.235. The summed E-state index contributed by atoms with van der Waals surface area (Å²) >= 11 is 5.79.